The van der Waals surface area contributed by atoms with Crippen LogP contribution in [0.15, 0.2) is 195 Å². The molecule has 0 bridgehead atoms. The molecule has 0 spiro atoms. The summed E-state index contributed by atoms with van der Waals surface area (Å²) in [5.41, 5.74) is 9.10. The Morgan fingerprint density at radius 3 is 1.67 bits per heavy atom. The van der Waals surface area contributed by atoms with Crippen LogP contribution in [0.1, 0.15) is 114 Å². The van der Waals surface area contributed by atoms with Gasteiger partial charge in [-0.3, -0.25) is 19.5 Å². The Hall–Kier alpha value is -8.87. The summed E-state index contributed by atoms with van der Waals surface area (Å²) in [6, 6.07) is 47.2. The number of rotatable bonds is 0. The van der Waals surface area contributed by atoms with Crippen LogP contribution in [0.25, 0.3) is 85.2 Å². The van der Waals surface area contributed by atoms with Crippen molar-refractivity contribution in [1.82, 2.24) is 54.1 Å². The van der Waals surface area contributed by atoms with Crippen molar-refractivity contribution in [2.75, 3.05) is 33.2 Å². The number of aryl methyl sites for hydroxylation is 6. The number of nitrogens with zero attached hydrogens (tertiary/aromatic N) is 8. The number of aromatic amines is 2. The number of piperazine rings is 1. The van der Waals surface area contributed by atoms with E-state index in [9.17, 15) is 14.4 Å². The van der Waals surface area contributed by atoms with E-state index in [0.717, 1.165) is 40.0 Å². The molecule has 1 saturated heterocycles. The van der Waals surface area contributed by atoms with E-state index in [1.807, 2.05) is 162 Å². The number of likely N-dealkylation sites (N-methyl/N-ethyl adjacent to an activating group) is 1. The minimum absolute atomic E-state index is 0.000556. The maximum Gasteiger partial charge on any atom is 0.271 e. The van der Waals surface area contributed by atoms with Gasteiger partial charge in [0, 0.05) is 90.0 Å². The summed E-state index contributed by atoms with van der Waals surface area (Å²) in [4.78, 5) is 51.6. The number of para-hydroxylation sites is 3. The molecular formula is C76H103N11O4S2. The molecule has 3 N–H and O–H groups in total. The first-order valence-corrected chi connectivity index (χ1v) is 34.3. The normalized spacial score (nSPS) is 10.7. The molecule has 15 rings (SSSR count). The molecule has 9 heterocycles. The van der Waals surface area contributed by atoms with Gasteiger partial charge in [0.15, 0.2) is 5.65 Å². The number of nitrogens with one attached hydrogen (secondary N) is 3. The fourth-order valence-electron chi connectivity index (χ4n) is 8.73. The molecule has 498 valence electrons. The summed E-state index contributed by atoms with van der Waals surface area (Å²) < 4.78 is 13.7. The minimum atomic E-state index is -0.0799. The zero-order valence-electron chi connectivity index (χ0n) is 59.1. The number of aromatic nitrogens is 9. The minimum Gasteiger partial charge on any atom is -0.456 e. The maximum atomic E-state index is 11.5. The van der Waals surface area contributed by atoms with Gasteiger partial charge in [-0.15, -0.1) is 22.7 Å². The zero-order valence-corrected chi connectivity index (χ0v) is 60.7. The van der Waals surface area contributed by atoms with Gasteiger partial charge in [0.2, 0.25) is 0 Å². The molecule has 1 aliphatic heterocycles. The quantitative estimate of drug-likeness (QED) is 0.132. The molecule has 93 heavy (non-hydrogen) atoms. The Balaban J connectivity index is 0.000000360. The van der Waals surface area contributed by atoms with Gasteiger partial charge >= 0.3 is 0 Å². The Morgan fingerprint density at radius 2 is 1.02 bits per heavy atom. The Labute approximate surface area is 559 Å². The summed E-state index contributed by atoms with van der Waals surface area (Å²) >= 11 is 3.32. The van der Waals surface area contributed by atoms with Crippen molar-refractivity contribution in [3.8, 4) is 0 Å². The molecule has 0 amide bonds. The fourth-order valence-corrected chi connectivity index (χ4v) is 10.7. The molecular weight excluding hydrogens is 1200 g/mol. The lowest BCUT2D eigenvalue weighted by Crippen LogP contribution is -2.40. The highest BCUT2D eigenvalue weighted by Crippen LogP contribution is 2.35. The number of furan rings is 1. The third-order valence-corrected chi connectivity index (χ3v) is 15.3. The average molecular weight is 1300 g/mol. The van der Waals surface area contributed by atoms with Gasteiger partial charge in [-0.2, -0.15) is 5.10 Å². The number of benzene rings is 6. The van der Waals surface area contributed by atoms with E-state index >= 15 is 0 Å². The van der Waals surface area contributed by atoms with Crippen molar-refractivity contribution in [3.63, 3.8) is 0 Å². The van der Waals surface area contributed by atoms with E-state index in [-0.39, 0.29) is 16.7 Å². The summed E-state index contributed by atoms with van der Waals surface area (Å²) in [6.45, 7) is 39.1. The molecule has 1 fully saturated rings. The van der Waals surface area contributed by atoms with Gasteiger partial charge < -0.3 is 33.3 Å². The van der Waals surface area contributed by atoms with E-state index in [1.54, 1.807) is 27.2 Å². The average Bonchev–Trinajstić information content (AvgIpc) is 1.71. The van der Waals surface area contributed by atoms with Crippen LogP contribution in [0.5, 0.6) is 0 Å². The molecule has 6 aromatic carbocycles. The van der Waals surface area contributed by atoms with Crippen LogP contribution in [0.4, 0.5) is 0 Å². The molecule has 0 unspecified atom stereocenters. The molecule has 0 aliphatic carbocycles. The van der Waals surface area contributed by atoms with Crippen molar-refractivity contribution in [1.29, 1.82) is 0 Å². The van der Waals surface area contributed by atoms with E-state index in [4.69, 9.17) is 4.42 Å². The predicted molar refractivity (Wildman–Crippen MR) is 406 cm³/mol. The van der Waals surface area contributed by atoms with Crippen molar-refractivity contribution in [2.24, 2.45) is 21.1 Å². The molecule has 17 heteroatoms. The topological polar surface area (TPSA) is 178 Å². The zero-order chi connectivity index (χ0) is 69.4. The number of thiophene rings is 2. The van der Waals surface area contributed by atoms with Crippen LogP contribution >= 0.6 is 22.7 Å². The Bertz CT molecular complexity index is 4320. The van der Waals surface area contributed by atoms with Gasteiger partial charge in [-0.25, -0.2) is 15.0 Å². The second-order valence-electron chi connectivity index (χ2n) is 19.0. The Morgan fingerprint density at radius 1 is 0.484 bits per heavy atom. The number of fused-ring (bicyclic) bond motifs is 10. The second kappa shape index (κ2) is 44.6. The lowest BCUT2D eigenvalue weighted by atomic mass is 10.1. The van der Waals surface area contributed by atoms with Crippen LogP contribution in [-0.2, 0) is 21.1 Å². The van der Waals surface area contributed by atoms with Gasteiger partial charge in [-0.1, -0.05) is 193 Å². The van der Waals surface area contributed by atoms with E-state index in [2.05, 4.69) is 159 Å². The van der Waals surface area contributed by atoms with E-state index < -0.39 is 0 Å². The lowest BCUT2D eigenvalue weighted by Gasteiger charge is -2.21. The summed E-state index contributed by atoms with van der Waals surface area (Å²) in [5, 5.41) is 19.1. The summed E-state index contributed by atoms with van der Waals surface area (Å²) in [5.74, 6) is 0. The third kappa shape index (κ3) is 23.0. The number of hydrogen-bond donors (Lipinski definition) is 3. The van der Waals surface area contributed by atoms with Crippen molar-refractivity contribution < 1.29 is 4.42 Å². The van der Waals surface area contributed by atoms with Crippen LogP contribution in [-0.4, -0.2) is 82.0 Å². The molecule has 1 aliphatic rings. The van der Waals surface area contributed by atoms with Crippen molar-refractivity contribution in [3.05, 3.63) is 224 Å². The molecule has 8 aromatic heterocycles. The molecule has 15 nitrogen and oxygen atoms in total. The lowest BCUT2D eigenvalue weighted by molar-refractivity contribution is 0.291. The van der Waals surface area contributed by atoms with Crippen LogP contribution in [0.2, 0.25) is 0 Å². The van der Waals surface area contributed by atoms with E-state index in [1.165, 1.54) is 122 Å². The number of H-pyrrole nitrogens is 2. The van der Waals surface area contributed by atoms with E-state index in [0.29, 0.717) is 16.4 Å². The summed E-state index contributed by atoms with van der Waals surface area (Å²) in [7, 11) is 7.21. The smallest absolute Gasteiger partial charge is 0.271 e. The molecule has 0 saturated carbocycles. The maximum absolute atomic E-state index is 11.5. The van der Waals surface area contributed by atoms with Crippen LogP contribution in [0, 0.1) is 20.8 Å². The van der Waals surface area contributed by atoms with Crippen molar-refractivity contribution in [2.45, 2.75) is 118 Å². The summed E-state index contributed by atoms with van der Waals surface area (Å²) in [6.07, 6.45) is 7.97. The van der Waals surface area contributed by atoms with Crippen LogP contribution < -0.4 is 22.0 Å². The first kappa shape index (κ1) is 80.2. The molecule has 0 atom stereocenters. The number of hydrogen-bond acceptors (Lipinski definition) is 12. The highest BCUT2D eigenvalue weighted by molar-refractivity contribution is 7.26. The molecule has 0 radical (unpaired) electrons. The first-order valence-electron chi connectivity index (χ1n) is 32.6. The largest absolute Gasteiger partial charge is 0.456 e. The van der Waals surface area contributed by atoms with Gasteiger partial charge in [0.25, 0.3) is 16.7 Å². The second-order valence-corrected chi connectivity index (χ2v) is 21.0. The van der Waals surface area contributed by atoms with Gasteiger partial charge in [0.05, 0.1) is 41.6 Å². The van der Waals surface area contributed by atoms with Crippen LogP contribution in [0.3, 0.4) is 0 Å². The fraction of sp³-hybridized carbons (Fsp3) is 0.329. The monoisotopic (exact) mass is 1300 g/mol. The van der Waals surface area contributed by atoms with Gasteiger partial charge in [0.1, 0.15) is 21.3 Å². The first-order chi connectivity index (χ1) is 45.3. The highest BCUT2D eigenvalue weighted by Gasteiger charge is 2.08. The SMILES string of the molecule is CC.CC.CC.CC.CC.CC.CC.CN1CCNCC1.Cc1ccc2[nH]ccc2c1.Cc1cccc2c1oc1ccccc12.Cc1cccc2c1sc1ccccc12.Cn1cnc2[nH]ncc2c1=O.Cn1cnc2ccccc2c1=O.Cn1cnc2ccsc2c1=O. The van der Waals surface area contributed by atoms with Gasteiger partial charge in [-0.05, 0) is 98.2 Å². The Kier molecular flexibility index (Phi) is 38.5. The predicted octanol–water partition coefficient (Wildman–Crippen LogP) is 19.0. The standard InChI is InChI=1S/C13H10O.C13H10S.C9H8N2O.C9H9N.C7H6N2OS.C6H6N4O.C5H12N2.7C2H6/c2*1-9-5-4-7-11-10-6-2-3-8-12(10)14-13(9)11;1-11-6-10-8-5-3-2-4-7(8)9(11)12;1-7-2-3-9-8(6-7)4-5-10-9;1-9-4-8-5-2-3-11-6(5)7(9)10;1-10-3-7-5-4(6(10)11)2-8-9-5;1-7-4-2-6-3-5-7;7*1-2/h2*2-8H,1H3;2-6H,1H3;2-6,10H,1H3;2-4H,1H3;2-3H,1H3,(H,8,9);6H,2-5H2,1H3;7*1-2H3. The van der Waals surface area contributed by atoms with Crippen molar-refractivity contribution >= 4 is 108 Å². The highest BCUT2D eigenvalue weighted by atomic mass is 32.1. The third-order valence-electron chi connectivity index (χ3n) is 13.1. The molecule has 14 aromatic rings.